The van der Waals surface area contributed by atoms with Gasteiger partial charge < -0.3 is 5.73 Å². The minimum atomic E-state index is -0.534. The molecule has 0 spiro atoms. The monoisotopic (exact) mass is 331 g/mol. The van der Waals surface area contributed by atoms with Crippen LogP contribution < -0.4 is 5.73 Å². The molecule has 0 amide bonds. The van der Waals surface area contributed by atoms with E-state index in [2.05, 4.69) is 15.9 Å². The minimum Gasteiger partial charge on any atom is -0.320 e. The highest BCUT2D eigenvalue weighted by Gasteiger charge is 2.12. The third kappa shape index (κ3) is 2.71. The Bertz CT molecular complexity index is 538. The summed E-state index contributed by atoms with van der Waals surface area (Å²) in [6.45, 7) is 0. The normalized spacial score (nSPS) is 12.5. The molecule has 0 saturated carbocycles. The van der Waals surface area contributed by atoms with E-state index in [0.717, 1.165) is 0 Å². The molecular weight excluding hydrogens is 324 g/mol. The van der Waals surface area contributed by atoms with E-state index in [9.17, 15) is 8.78 Å². The molecule has 0 radical (unpaired) electrons. The molecule has 1 nitrogen and oxygen atoms in total. The quantitative estimate of drug-likeness (QED) is 0.865. The van der Waals surface area contributed by atoms with Gasteiger partial charge in [-0.05, 0) is 51.3 Å². The van der Waals surface area contributed by atoms with Gasteiger partial charge in [0.15, 0.2) is 0 Å². The van der Waals surface area contributed by atoms with Crippen LogP contribution in [0.25, 0.3) is 0 Å². The van der Waals surface area contributed by atoms with Crippen molar-refractivity contribution in [1.82, 2.24) is 0 Å². The Kier molecular flexibility index (Phi) is 4.00. The molecule has 0 aliphatic heterocycles. The molecule has 5 heteroatoms. The van der Waals surface area contributed by atoms with Gasteiger partial charge in [0.25, 0.3) is 0 Å². The summed E-state index contributed by atoms with van der Waals surface area (Å²) in [4.78, 5) is 0. The van der Waals surface area contributed by atoms with E-state index in [1.165, 1.54) is 18.2 Å². The Labute approximate surface area is 117 Å². The van der Waals surface area contributed by atoms with Crippen LogP contribution in [0.5, 0.6) is 0 Å². The molecule has 1 atom stereocenters. The van der Waals surface area contributed by atoms with E-state index in [1.807, 2.05) is 0 Å². The summed E-state index contributed by atoms with van der Waals surface area (Å²) >= 11 is 8.69. The first-order valence-electron chi connectivity index (χ1n) is 5.14. The number of hydrogen-bond donors (Lipinski definition) is 1. The maximum absolute atomic E-state index is 13.3. The van der Waals surface area contributed by atoms with Crippen molar-refractivity contribution in [2.45, 2.75) is 6.04 Å². The van der Waals surface area contributed by atoms with Crippen LogP contribution in [0.3, 0.4) is 0 Å². The van der Waals surface area contributed by atoms with Gasteiger partial charge in [0.05, 0.1) is 15.5 Å². The molecule has 0 bridgehead atoms. The standard InChI is InChI=1S/C13H9BrClF2N/c14-9-5-7(2-4-11(9)16)13(18)8-1-3-10(15)12(17)6-8/h1-6,13H,18H2. The van der Waals surface area contributed by atoms with Gasteiger partial charge in [-0.15, -0.1) is 0 Å². The van der Waals surface area contributed by atoms with Gasteiger partial charge in [-0.25, -0.2) is 8.78 Å². The summed E-state index contributed by atoms with van der Waals surface area (Å²) in [6.07, 6.45) is 0. The van der Waals surface area contributed by atoms with Crippen molar-refractivity contribution in [2.75, 3.05) is 0 Å². The molecule has 2 rings (SSSR count). The largest absolute Gasteiger partial charge is 0.320 e. The predicted molar refractivity (Wildman–Crippen MR) is 71.5 cm³/mol. The van der Waals surface area contributed by atoms with Crippen LogP contribution in [-0.2, 0) is 0 Å². The second-order valence-corrected chi connectivity index (χ2v) is 5.09. The number of halogens is 4. The molecule has 0 heterocycles. The van der Waals surface area contributed by atoms with Gasteiger partial charge >= 0.3 is 0 Å². The first-order chi connectivity index (χ1) is 8.49. The lowest BCUT2D eigenvalue weighted by Crippen LogP contribution is -2.12. The van der Waals surface area contributed by atoms with Crippen molar-refractivity contribution < 1.29 is 8.78 Å². The van der Waals surface area contributed by atoms with Gasteiger partial charge in [0, 0.05) is 0 Å². The van der Waals surface area contributed by atoms with Gasteiger partial charge in [0.1, 0.15) is 11.6 Å². The molecule has 0 fully saturated rings. The van der Waals surface area contributed by atoms with Crippen molar-refractivity contribution in [3.63, 3.8) is 0 Å². The van der Waals surface area contributed by atoms with Crippen molar-refractivity contribution in [1.29, 1.82) is 0 Å². The van der Waals surface area contributed by atoms with E-state index in [4.69, 9.17) is 17.3 Å². The minimum absolute atomic E-state index is 0.0474. The van der Waals surface area contributed by atoms with Gasteiger partial charge in [-0.3, -0.25) is 0 Å². The van der Waals surface area contributed by atoms with Crippen LogP contribution in [0, 0.1) is 11.6 Å². The number of nitrogens with two attached hydrogens (primary N) is 1. The number of benzene rings is 2. The summed E-state index contributed by atoms with van der Waals surface area (Å²) in [5, 5.41) is 0.0474. The zero-order valence-electron chi connectivity index (χ0n) is 9.13. The summed E-state index contributed by atoms with van der Waals surface area (Å²) in [7, 11) is 0. The van der Waals surface area contributed by atoms with Gasteiger partial charge in [0.2, 0.25) is 0 Å². The van der Waals surface area contributed by atoms with E-state index >= 15 is 0 Å². The van der Waals surface area contributed by atoms with Crippen LogP contribution >= 0.6 is 27.5 Å². The molecule has 2 aromatic carbocycles. The lowest BCUT2D eigenvalue weighted by atomic mass is 9.99. The fourth-order valence-electron chi connectivity index (χ4n) is 1.60. The lowest BCUT2D eigenvalue weighted by Gasteiger charge is -2.13. The Morgan fingerprint density at radius 1 is 1.00 bits per heavy atom. The third-order valence-corrected chi connectivity index (χ3v) is 3.52. The zero-order chi connectivity index (χ0) is 13.3. The van der Waals surface area contributed by atoms with Gasteiger partial charge in [-0.1, -0.05) is 23.7 Å². The first kappa shape index (κ1) is 13.5. The third-order valence-electron chi connectivity index (χ3n) is 2.61. The van der Waals surface area contributed by atoms with Crippen LogP contribution in [0.4, 0.5) is 8.78 Å². The summed E-state index contributed by atoms with van der Waals surface area (Å²) < 4.78 is 26.8. The van der Waals surface area contributed by atoms with E-state index in [-0.39, 0.29) is 10.8 Å². The first-order valence-corrected chi connectivity index (χ1v) is 6.31. The van der Waals surface area contributed by atoms with E-state index in [1.54, 1.807) is 18.2 Å². The second kappa shape index (κ2) is 5.34. The Balaban J connectivity index is 2.37. The molecule has 2 N–H and O–H groups in total. The molecular formula is C13H9BrClF2N. The van der Waals surface area contributed by atoms with Crippen LogP contribution in [0.15, 0.2) is 40.9 Å². The highest BCUT2D eigenvalue weighted by Crippen LogP contribution is 2.26. The molecule has 94 valence electrons. The van der Waals surface area contributed by atoms with Crippen molar-refractivity contribution in [3.05, 3.63) is 68.7 Å². The molecule has 0 aliphatic carbocycles. The number of rotatable bonds is 2. The topological polar surface area (TPSA) is 26.0 Å². The van der Waals surface area contributed by atoms with E-state index in [0.29, 0.717) is 15.6 Å². The maximum Gasteiger partial charge on any atom is 0.142 e. The van der Waals surface area contributed by atoms with Crippen molar-refractivity contribution in [3.8, 4) is 0 Å². The Morgan fingerprint density at radius 3 is 2.22 bits per heavy atom. The zero-order valence-corrected chi connectivity index (χ0v) is 11.5. The highest BCUT2D eigenvalue weighted by atomic mass is 79.9. The summed E-state index contributed by atoms with van der Waals surface area (Å²) in [5.74, 6) is -0.890. The fraction of sp³-hybridized carbons (Fsp3) is 0.0769. The average molecular weight is 333 g/mol. The lowest BCUT2D eigenvalue weighted by molar-refractivity contribution is 0.618. The number of hydrogen-bond acceptors (Lipinski definition) is 1. The van der Waals surface area contributed by atoms with E-state index < -0.39 is 11.9 Å². The molecule has 0 aromatic heterocycles. The highest BCUT2D eigenvalue weighted by molar-refractivity contribution is 9.10. The molecule has 2 aromatic rings. The predicted octanol–water partition coefficient (Wildman–Crippen LogP) is 4.43. The van der Waals surface area contributed by atoms with Crippen molar-refractivity contribution in [2.24, 2.45) is 5.73 Å². The molecule has 0 saturated heterocycles. The maximum atomic E-state index is 13.3. The van der Waals surface area contributed by atoms with Crippen LogP contribution in [0.1, 0.15) is 17.2 Å². The SMILES string of the molecule is NC(c1ccc(Cl)c(F)c1)c1ccc(F)c(Br)c1. The molecule has 1 unspecified atom stereocenters. The van der Waals surface area contributed by atoms with Crippen molar-refractivity contribution >= 4 is 27.5 Å². The Hall–Kier alpha value is -0.970. The summed E-state index contributed by atoms with van der Waals surface area (Å²) in [5.41, 5.74) is 7.27. The van der Waals surface area contributed by atoms with Crippen LogP contribution in [-0.4, -0.2) is 0 Å². The summed E-state index contributed by atoms with van der Waals surface area (Å²) in [6, 6.07) is 8.30. The van der Waals surface area contributed by atoms with Gasteiger partial charge in [-0.2, -0.15) is 0 Å². The molecule has 18 heavy (non-hydrogen) atoms. The Morgan fingerprint density at radius 2 is 1.61 bits per heavy atom. The molecule has 0 aliphatic rings. The van der Waals surface area contributed by atoms with Crippen LogP contribution in [0.2, 0.25) is 5.02 Å². The fourth-order valence-corrected chi connectivity index (χ4v) is 2.12. The second-order valence-electron chi connectivity index (χ2n) is 3.82. The smallest absolute Gasteiger partial charge is 0.142 e. The average Bonchev–Trinajstić information content (AvgIpc) is 2.35.